The van der Waals surface area contributed by atoms with Crippen molar-refractivity contribution in [2.24, 2.45) is 0 Å². The summed E-state index contributed by atoms with van der Waals surface area (Å²) in [7, 11) is 0. The van der Waals surface area contributed by atoms with Gasteiger partial charge in [0.25, 0.3) is 0 Å². The molecule has 1 aromatic carbocycles. The summed E-state index contributed by atoms with van der Waals surface area (Å²) >= 11 is 8.95. The SMILES string of the molecule is CSc1ccc(/C=C/C(=O)NC(c2ccc(Cl)c(F)c2)c2nn[nH]n2)s1. The topological polar surface area (TPSA) is 83.6 Å². The second kappa shape index (κ2) is 8.43. The van der Waals surface area contributed by atoms with Gasteiger partial charge in [0, 0.05) is 11.0 Å². The van der Waals surface area contributed by atoms with E-state index in [0.29, 0.717) is 5.56 Å². The molecule has 0 aliphatic rings. The van der Waals surface area contributed by atoms with E-state index in [1.807, 2.05) is 18.4 Å². The lowest BCUT2D eigenvalue weighted by Crippen LogP contribution is -2.28. The predicted octanol–water partition coefficient (Wildman–Crippen LogP) is 3.69. The van der Waals surface area contributed by atoms with Crippen molar-refractivity contribution in [1.29, 1.82) is 0 Å². The van der Waals surface area contributed by atoms with Crippen molar-refractivity contribution in [3.8, 4) is 0 Å². The number of amides is 1. The highest BCUT2D eigenvalue weighted by Gasteiger charge is 2.21. The number of rotatable bonds is 6. The predicted molar refractivity (Wildman–Crippen MR) is 101 cm³/mol. The molecule has 6 nitrogen and oxygen atoms in total. The van der Waals surface area contributed by atoms with E-state index in [-0.39, 0.29) is 16.8 Å². The van der Waals surface area contributed by atoms with Crippen LogP contribution in [0.1, 0.15) is 22.3 Å². The van der Waals surface area contributed by atoms with Gasteiger partial charge in [0.2, 0.25) is 11.7 Å². The Morgan fingerprint density at radius 2 is 2.27 bits per heavy atom. The number of thiophene rings is 1. The van der Waals surface area contributed by atoms with Crippen LogP contribution in [-0.4, -0.2) is 32.8 Å². The number of aromatic nitrogens is 4. The van der Waals surface area contributed by atoms with Gasteiger partial charge in [-0.3, -0.25) is 4.79 Å². The number of carbonyl (C=O) groups is 1. The molecule has 1 atom stereocenters. The van der Waals surface area contributed by atoms with Crippen molar-refractivity contribution in [2.75, 3.05) is 6.26 Å². The van der Waals surface area contributed by atoms with Crippen LogP contribution in [0.3, 0.4) is 0 Å². The van der Waals surface area contributed by atoms with Crippen molar-refractivity contribution < 1.29 is 9.18 Å². The highest BCUT2D eigenvalue weighted by molar-refractivity contribution is 8.00. The zero-order valence-electron chi connectivity index (χ0n) is 13.4. The summed E-state index contributed by atoms with van der Waals surface area (Å²) in [6.07, 6.45) is 5.12. The quantitative estimate of drug-likeness (QED) is 0.479. The minimum absolute atomic E-state index is 0.00544. The third kappa shape index (κ3) is 4.48. The van der Waals surface area contributed by atoms with Crippen molar-refractivity contribution in [1.82, 2.24) is 25.9 Å². The molecule has 2 N–H and O–H groups in total. The Morgan fingerprint density at radius 3 is 2.92 bits per heavy atom. The number of halogens is 2. The number of aromatic amines is 1. The van der Waals surface area contributed by atoms with Crippen molar-refractivity contribution in [3.05, 3.63) is 63.5 Å². The maximum Gasteiger partial charge on any atom is 0.244 e. The van der Waals surface area contributed by atoms with Gasteiger partial charge in [-0.15, -0.1) is 33.3 Å². The van der Waals surface area contributed by atoms with Crippen LogP contribution in [0.2, 0.25) is 5.02 Å². The van der Waals surface area contributed by atoms with Gasteiger partial charge in [0.15, 0.2) is 0 Å². The van der Waals surface area contributed by atoms with E-state index in [1.54, 1.807) is 35.2 Å². The lowest BCUT2D eigenvalue weighted by atomic mass is 10.1. The molecule has 0 aliphatic heterocycles. The zero-order chi connectivity index (χ0) is 18.5. The number of H-pyrrole nitrogens is 1. The van der Waals surface area contributed by atoms with Crippen molar-refractivity contribution in [3.63, 3.8) is 0 Å². The fourth-order valence-corrected chi connectivity index (χ4v) is 3.75. The lowest BCUT2D eigenvalue weighted by Gasteiger charge is -2.15. The third-order valence-corrected chi connectivity index (χ3v) is 5.83. The van der Waals surface area contributed by atoms with E-state index >= 15 is 0 Å². The van der Waals surface area contributed by atoms with Crippen molar-refractivity contribution in [2.45, 2.75) is 10.3 Å². The zero-order valence-corrected chi connectivity index (χ0v) is 15.8. The van der Waals surface area contributed by atoms with E-state index in [1.165, 1.54) is 18.2 Å². The second-order valence-corrected chi connectivity index (χ2v) is 7.71. The van der Waals surface area contributed by atoms with Crippen LogP contribution in [-0.2, 0) is 4.79 Å². The largest absolute Gasteiger partial charge is 0.338 e. The van der Waals surface area contributed by atoms with Crippen LogP contribution in [0.5, 0.6) is 0 Å². The molecular weight excluding hydrogens is 397 g/mol. The van der Waals surface area contributed by atoms with Gasteiger partial charge in [-0.1, -0.05) is 22.9 Å². The molecular formula is C16H13ClFN5OS2. The molecule has 0 bridgehead atoms. The van der Waals surface area contributed by atoms with Crippen LogP contribution >= 0.6 is 34.7 Å². The highest BCUT2D eigenvalue weighted by atomic mass is 35.5. The van der Waals surface area contributed by atoms with Gasteiger partial charge in [0.05, 0.1) is 9.23 Å². The first-order chi connectivity index (χ1) is 12.6. The number of benzene rings is 1. The fourth-order valence-electron chi connectivity index (χ4n) is 2.16. The first-order valence-corrected chi connectivity index (χ1v) is 9.79. The smallest absolute Gasteiger partial charge is 0.244 e. The van der Waals surface area contributed by atoms with Gasteiger partial charge in [0.1, 0.15) is 11.9 Å². The van der Waals surface area contributed by atoms with Crippen LogP contribution in [0.15, 0.2) is 40.6 Å². The average molecular weight is 410 g/mol. The summed E-state index contributed by atoms with van der Waals surface area (Å²) in [4.78, 5) is 13.3. The Labute approximate surface area is 161 Å². The Bertz CT molecular complexity index is 929. The normalized spacial score (nSPS) is 12.4. The molecule has 0 spiro atoms. The number of tetrazole rings is 1. The van der Waals surface area contributed by atoms with E-state index in [4.69, 9.17) is 11.6 Å². The lowest BCUT2D eigenvalue weighted by molar-refractivity contribution is -0.117. The summed E-state index contributed by atoms with van der Waals surface area (Å²) in [5.41, 5.74) is 0.454. The Hall–Kier alpha value is -2.23. The number of hydrogen-bond acceptors (Lipinski definition) is 6. The Morgan fingerprint density at radius 1 is 1.42 bits per heavy atom. The molecule has 0 saturated carbocycles. The Kier molecular flexibility index (Phi) is 6.02. The maximum absolute atomic E-state index is 13.8. The minimum Gasteiger partial charge on any atom is -0.338 e. The van der Waals surface area contributed by atoms with Crippen LogP contribution in [0.25, 0.3) is 6.08 Å². The van der Waals surface area contributed by atoms with Crippen LogP contribution < -0.4 is 5.32 Å². The molecule has 0 aliphatic carbocycles. The summed E-state index contributed by atoms with van der Waals surface area (Å²) in [5, 5.41) is 16.3. The Balaban J connectivity index is 1.79. The summed E-state index contributed by atoms with van der Waals surface area (Å²) in [6, 6.07) is 7.41. The summed E-state index contributed by atoms with van der Waals surface area (Å²) in [6.45, 7) is 0. The highest BCUT2D eigenvalue weighted by Crippen LogP contribution is 2.26. The first-order valence-electron chi connectivity index (χ1n) is 7.37. The second-order valence-electron chi connectivity index (χ2n) is 5.08. The number of thioether (sulfide) groups is 1. The average Bonchev–Trinajstić information content (AvgIpc) is 3.32. The minimum atomic E-state index is -0.761. The molecule has 1 amide bonds. The van der Waals surface area contributed by atoms with Gasteiger partial charge in [-0.05, 0) is 42.2 Å². The van der Waals surface area contributed by atoms with E-state index in [2.05, 4.69) is 25.9 Å². The number of nitrogens with zero attached hydrogens (tertiary/aromatic N) is 3. The van der Waals surface area contributed by atoms with Crippen LogP contribution in [0, 0.1) is 5.82 Å². The molecule has 3 aromatic rings. The van der Waals surface area contributed by atoms with Crippen LogP contribution in [0.4, 0.5) is 4.39 Å². The van der Waals surface area contributed by atoms with E-state index in [0.717, 1.165) is 9.09 Å². The molecule has 26 heavy (non-hydrogen) atoms. The third-order valence-electron chi connectivity index (χ3n) is 3.39. The molecule has 2 heterocycles. The fraction of sp³-hybridized carbons (Fsp3) is 0.125. The number of hydrogen-bond donors (Lipinski definition) is 2. The molecule has 1 unspecified atom stereocenters. The van der Waals surface area contributed by atoms with Crippen molar-refractivity contribution >= 4 is 46.7 Å². The van der Waals surface area contributed by atoms with Gasteiger partial charge in [-0.25, -0.2) is 4.39 Å². The molecule has 0 saturated heterocycles. The van der Waals surface area contributed by atoms with Gasteiger partial charge < -0.3 is 5.32 Å². The molecule has 3 rings (SSSR count). The van der Waals surface area contributed by atoms with Gasteiger partial charge >= 0.3 is 0 Å². The van der Waals surface area contributed by atoms with Gasteiger partial charge in [-0.2, -0.15) is 5.21 Å². The maximum atomic E-state index is 13.8. The molecule has 0 fully saturated rings. The van der Waals surface area contributed by atoms with E-state index in [9.17, 15) is 9.18 Å². The summed E-state index contributed by atoms with van der Waals surface area (Å²) in [5.74, 6) is -0.742. The summed E-state index contributed by atoms with van der Waals surface area (Å²) < 4.78 is 15.0. The monoisotopic (exact) mass is 409 g/mol. The molecule has 10 heteroatoms. The number of carbonyl (C=O) groups excluding carboxylic acids is 1. The standard InChI is InChI=1S/C16H13ClFN5OS2/c1-25-14-7-4-10(26-14)3-6-13(24)19-15(16-20-22-23-21-16)9-2-5-11(17)12(18)8-9/h2-8,15H,1H3,(H,19,24)(H,20,21,22,23)/b6-3+. The molecule has 2 aromatic heterocycles. The van der Waals surface area contributed by atoms with E-state index < -0.39 is 11.9 Å². The molecule has 134 valence electrons. The number of nitrogens with one attached hydrogen (secondary N) is 2. The molecule has 0 radical (unpaired) electrons. The first kappa shape index (κ1) is 18.6.